The molecule has 0 fully saturated rings. The summed E-state index contributed by atoms with van der Waals surface area (Å²) >= 11 is 0. The van der Waals surface area contributed by atoms with E-state index >= 15 is 0 Å². The van der Waals surface area contributed by atoms with Crippen LogP contribution < -0.4 is 15.0 Å². The Kier molecular flexibility index (Phi) is 4.00. The summed E-state index contributed by atoms with van der Waals surface area (Å²) in [5.74, 6) is 0.862. The van der Waals surface area contributed by atoms with Crippen LogP contribution in [0.4, 0.5) is 11.4 Å². The lowest BCUT2D eigenvalue weighted by Gasteiger charge is -2.32. The molecule has 1 aliphatic rings. The van der Waals surface area contributed by atoms with Crippen LogP contribution in [0, 0.1) is 0 Å². The Bertz CT molecular complexity index is 697. The number of carbonyl (C=O) groups is 1. The van der Waals surface area contributed by atoms with Gasteiger partial charge in [-0.05, 0) is 41.8 Å². The first-order chi connectivity index (χ1) is 10.7. The smallest absolute Gasteiger partial charge is 0.221 e. The van der Waals surface area contributed by atoms with E-state index in [2.05, 4.69) is 28.4 Å². The second kappa shape index (κ2) is 6.10. The molecule has 0 bridgehead atoms. The highest BCUT2D eigenvalue weighted by Crippen LogP contribution is 2.31. The molecule has 0 aliphatic carbocycles. The predicted octanol–water partition coefficient (Wildman–Crippen LogP) is 3.22. The molecule has 2 aromatic rings. The van der Waals surface area contributed by atoms with Crippen molar-refractivity contribution in [2.75, 3.05) is 23.9 Å². The van der Waals surface area contributed by atoms with Crippen LogP contribution in [0.2, 0.25) is 0 Å². The van der Waals surface area contributed by atoms with Gasteiger partial charge in [0.15, 0.2) is 0 Å². The zero-order valence-electron chi connectivity index (χ0n) is 12.9. The second-order valence-corrected chi connectivity index (χ2v) is 5.50. The number of amides is 1. The van der Waals surface area contributed by atoms with E-state index in [1.54, 1.807) is 7.11 Å². The summed E-state index contributed by atoms with van der Waals surface area (Å²) in [6, 6.07) is 14.2. The Hall–Kier alpha value is -2.49. The van der Waals surface area contributed by atoms with E-state index in [9.17, 15) is 4.79 Å². The third-order valence-electron chi connectivity index (χ3n) is 3.98. The van der Waals surface area contributed by atoms with Gasteiger partial charge in [-0.2, -0.15) is 0 Å². The zero-order valence-corrected chi connectivity index (χ0v) is 12.9. The van der Waals surface area contributed by atoms with Crippen LogP contribution in [-0.2, 0) is 17.8 Å². The molecule has 1 heterocycles. The van der Waals surface area contributed by atoms with Crippen LogP contribution in [0.3, 0.4) is 0 Å². The van der Waals surface area contributed by atoms with Crippen molar-refractivity contribution in [1.82, 2.24) is 0 Å². The maximum atomic E-state index is 11.4. The number of nitrogens with one attached hydrogen (secondary N) is 1. The van der Waals surface area contributed by atoms with Gasteiger partial charge in [-0.25, -0.2) is 0 Å². The maximum Gasteiger partial charge on any atom is 0.221 e. The van der Waals surface area contributed by atoms with Gasteiger partial charge in [0.2, 0.25) is 5.91 Å². The van der Waals surface area contributed by atoms with Gasteiger partial charge in [-0.1, -0.05) is 18.2 Å². The average molecular weight is 296 g/mol. The molecule has 0 radical (unpaired) electrons. The number of hydrogen-bond donors (Lipinski definition) is 1. The van der Waals surface area contributed by atoms with Crippen LogP contribution in [0.5, 0.6) is 5.75 Å². The van der Waals surface area contributed by atoms with E-state index in [1.165, 1.54) is 18.1 Å². The van der Waals surface area contributed by atoms with Crippen molar-refractivity contribution >= 4 is 17.3 Å². The summed E-state index contributed by atoms with van der Waals surface area (Å²) in [4.78, 5) is 13.7. The first kappa shape index (κ1) is 14.4. The quantitative estimate of drug-likeness (QED) is 0.945. The minimum absolute atomic E-state index is 0.0467. The number of fused-ring (bicyclic) bond motifs is 1. The van der Waals surface area contributed by atoms with E-state index in [-0.39, 0.29) is 5.91 Å². The lowest BCUT2D eigenvalue weighted by Crippen LogP contribution is -2.31. The van der Waals surface area contributed by atoms with Crippen LogP contribution in [-0.4, -0.2) is 19.6 Å². The third-order valence-corrected chi connectivity index (χ3v) is 3.98. The van der Waals surface area contributed by atoms with E-state index < -0.39 is 0 Å². The van der Waals surface area contributed by atoms with Gasteiger partial charge in [0.1, 0.15) is 5.75 Å². The fraction of sp³-hybridized carbons (Fsp3) is 0.278. The van der Waals surface area contributed by atoms with Crippen molar-refractivity contribution in [3.8, 4) is 5.75 Å². The van der Waals surface area contributed by atoms with Gasteiger partial charge in [0.25, 0.3) is 0 Å². The van der Waals surface area contributed by atoms with Crippen molar-refractivity contribution in [2.24, 2.45) is 0 Å². The van der Waals surface area contributed by atoms with E-state index in [1.807, 2.05) is 24.3 Å². The molecule has 4 heteroatoms. The first-order valence-electron chi connectivity index (χ1n) is 7.45. The monoisotopic (exact) mass is 296 g/mol. The average Bonchev–Trinajstić information content (AvgIpc) is 2.54. The summed E-state index contributed by atoms with van der Waals surface area (Å²) in [5.41, 5.74) is 4.59. The van der Waals surface area contributed by atoms with Gasteiger partial charge in [-0.15, -0.1) is 0 Å². The molecule has 0 aromatic heterocycles. The largest absolute Gasteiger partial charge is 0.497 e. The molecule has 1 aliphatic heterocycles. The molecule has 0 saturated heterocycles. The summed E-state index contributed by atoms with van der Waals surface area (Å²) in [5, 5.41) is 2.91. The number of methoxy groups -OCH3 is 1. The predicted molar refractivity (Wildman–Crippen MR) is 88.5 cm³/mol. The highest BCUT2D eigenvalue weighted by atomic mass is 16.5. The standard InChI is InChI=1S/C18H20N2O2/c1-13(21)19-17-5-3-4-6-18(17)20-10-9-14-11-16(22-2)8-7-15(14)12-20/h3-8,11H,9-10,12H2,1-2H3,(H,19,21). The van der Waals surface area contributed by atoms with Gasteiger partial charge in [-0.3, -0.25) is 4.79 Å². The summed E-state index contributed by atoms with van der Waals surface area (Å²) in [6.45, 7) is 3.31. The molecule has 0 atom stereocenters. The maximum absolute atomic E-state index is 11.4. The molecule has 4 nitrogen and oxygen atoms in total. The van der Waals surface area contributed by atoms with E-state index in [0.29, 0.717) is 0 Å². The van der Waals surface area contributed by atoms with Crippen LogP contribution in [0.15, 0.2) is 42.5 Å². The molecule has 2 aromatic carbocycles. The van der Waals surface area contributed by atoms with E-state index in [4.69, 9.17) is 4.74 Å². The Morgan fingerprint density at radius 1 is 1.18 bits per heavy atom. The summed E-state index contributed by atoms with van der Waals surface area (Å²) in [6.07, 6.45) is 0.973. The van der Waals surface area contributed by atoms with Gasteiger partial charge < -0.3 is 15.0 Å². The SMILES string of the molecule is COc1ccc2c(c1)CCN(c1ccccc1NC(C)=O)C2. The van der Waals surface area contributed by atoms with Crippen molar-refractivity contribution in [3.05, 3.63) is 53.6 Å². The summed E-state index contributed by atoms with van der Waals surface area (Å²) in [7, 11) is 1.69. The van der Waals surface area contributed by atoms with E-state index in [0.717, 1.165) is 36.6 Å². The number of anilines is 2. The normalized spacial score (nSPS) is 13.5. The van der Waals surface area contributed by atoms with Crippen molar-refractivity contribution < 1.29 is 9.53 Å². The molecule has 0 unspecified atom stereocenters. The fourth-order valence-corrected chi connectivity index (χ4v) is 2.91. The van der Waals surface area contributed by atoms with Crippen molar-refractivity contribution in [1.29, 1.82) is 0 Å². The Morgan fingerprint density at radius 3 is 2.77 bits per heavy atom. The number of carbonyl (C=O) groups excluding carboxylic acids is 1. The summed E-state index contributed by atoms with van der Waals surface area (Å²) < 4.78 is 5.29. The van der Waals surface area contributed by atoms with Crippen molar-refractivity contribution in [3.63, 3.8) is 0 Å². The number of hydrogen-bond acceptors (Lipinski definition) is 3. The molecule has 1 N–H and O–H groups in total. The minimum Gasteiger partial charge on any atom is -0.497 e. The number of para-hydroxylation sites is 2. The van der Waals surface area contributed by atoms with Crippen LogP contribution in [0.25, 0.3) is 0 Å². The zero-order chi connectivity index (χ0) is 15.5. The molecule has 0 spiro atoms. The molecular formula is C18H20N2O2. The number of benzene rings is 2. The Labute approximate surface area is 130 Å². The molecule has 114 valence electrons. The Balaban J connectivity index is 1.87. The van der Waals surface area contributed by atoms with Crippen LogP contribution in [0.1, 0.15) is 18.1 Å². The molecule has 0 saturated carbocycles. The molecule has 3 rings (SSSR count). The Morgan fingerprint density at radius 2 is 2.00 bits per heavy atom. The van der Waals surface area contributed by atoms with Gasteiger partial charge >= 0.3 is 0 Å². The topological polar surface area (TPSA) is 41.6 Å². The lowest BCUT2D eigenvalue weighted by molar-refractivity contribution is -0.114. The van der Waals surface area contributed by atoms with Crippen molar-refractivity contribution in [2.45, 2.75) is 19.9 Å². The number of nitrogens with zero attached hydrogens (tertiary/aromatic N) is 1. The third kappa shape index (κ3) is 2.91. The fourth-order valence-electron chi connectivity index (χ4n) is 2.91. The second-order valence-electron chi connectivity index (χ2n) is 5.50. The first-order valence-corrected chi connectivity index (χ1v) is 7.45. The number of ether oxygens (including phenoxy) is 1. The minimum atomic E-state index is -0.0467. The highest BCUT2D eigenvalue weighted by Gasteiger charge is 2.19. The lowest BCUT2D eigenvalue weighted by atomic mass is 9.98. The van der Waals surface area contributed by atoms with Crippen LogP contribution >= 0.6 is 0 Å². The molecule has 22 heavy (non-hydrogen) atoms. The molecular weight excluding hydrogens is 276 g/mol. The molecule has 1 amide bonds. The number of rotatable bonds is 3. The van der Waals surface area contributed by atoms with Gasteiger partial charge in [0, 0.05) is 20.0 Å². The highest BCUT2D eigenvalue weighted by molar-refractivity contribution is 5.92. The van der Waals surface area contributed by atoms with Gasteiger partial charge in [0.05, 0.1) is 18.5 Å².